The molecule has 0 saturated heterocycles. The Bertz CT molecular complexity index is 2600. The Labute approximate surface area is 266 Å². The van der Waals surface area contributed by atoms with Gasteiger partial charge < -0.3 is 9.13 Å². The summed E-state index contributed by atoms with van der Waals surface area (Å²) in [4.78, 5) is 0. The van der Waals surface area contributed by atoms with Gasteiger partial charge >= 0.3 is 0 Å². The molecule has 9 aromatic rings. The SMILES string of the molecule is N#Cc1ccc(-n2c3ccccc3c3ccccc32)c(-c2ccccc2-c2ccc3c(c2)c2ccccc2n3-c2ccccc2)c1. The summed E-state index contributed by atoms with van der Waals surface area (Å²) in [5.41, 5.74) is 11.8. The lowest BCUT2D eigenvalue weighted by atomic mass is 9.92. The highest BCUT2D eigenvalue weighted by Crippen LogP contribution is 2.41. The van der Waals surface area contributed by atoms with Gasteiger partial charge in [0, 0.05) is 32.8 Å². The van der Waals surface area contributed by atoms with Gasteiger partial charge in [0.2, 0.25) is 0 Å². The average Bonchev–Trinajstić information content (AvgIpc) is 3.64. The second-order valence-corrected chi connectivity index (χ2v) is 11.7. The van der Waals surface area contributed by atoms with Gasteiger partial charge in [-0.25, -0.2) is 0 Å². The third-order valence-corrected chi connectivity index (χ3v) is 9.16. The molecular formula is C43H27N3. The van der Waals surface area contributed by atoms with Crippen LogP contribution >= 0.6 is 0 Å². The van der Waals surface area contributed by atoms with Crippen LogP contribution in [0, 0.1) is 11.3 Å². The Morgan fingerprint density at radius 3 is 1.61 bits per heavy atom. The van der Waals surface area contributed by atoms with Crippen molar-refractivity contribution in [2.45, 2.75) is 0 Å². The van der Waals surface area contributed by atoms with Gasteiger partial charge in [-0.15, -0.1) is 0 Å². The molecule has 0 radical (unpaired) electrons. The molecule has 0 aliphatic carbocycles. The molecule has 2 aromatic heterocycles. The van der Waals surface area contributed by atoms with E-state index < -0.39 is 0 Å². The van der Waals surface area contributed by atoms with E-state index in [9.17, 15) is 5.26 Å². The van der Waals surface area contributed by atoms with Gasteiger partial charge in [-0.2, -0.15) is 5.26 Å². The molecule has 0 aliphatic rings. The Kier molecular flexibility index (Phi) is 5.88. The van der Waals surface area contributed by atoms with E-state index in [4.69, 9.17) is 0 Å². The highest BCUT2D eigenvalue weighted by atomic mass is 15.0. The van der Waals surface area contributed by atoms with E-state index in [2.05, 4.69) is 167 Å². The molecule has 2 heterocycles. The number of benzene rings is 7. The standard InChI is InChI=1S/C43H27N3/c44-28-29-22-24-43(46-40-20-10-6-16-34(40)35-17-7-11-21-41(35)46)37(26-29)33-15-5-4-14-32(33)30-23-25-42-38(27-30)36-18-8-9-19-39(36)45(42)31-12-2-1-3-13-31/h1-27H. The van der Waals surface area contributed by atoms with E-state index in [1.54, 1.807) is 0 Å². The number of nitriles is 1. The minimum absolute atomic E-state index is 0.635. The summed E-state index contributed by atoms with van der Waals surface area (Å²) in [6.45, 7) is 0. The number of rotatable bonds is 4. The zero-order valence-electron chi connectivity index (χ0n) is 24.9. The van der Waals surface area contributed by atoms with E-state index in [0.717, 1.165) is 44.7 Å². The number of hydrogen-bond acceptors (Lipinski definition) is 1. The normalized spacial score (nSPS) is 11.5. The molecule has 0 atom stereocenters. The van der Waals surface area contributed by atoms with Crippen molar-refractivity contribution in [3.63, 3.8) is 0 Å². The zero-order chi connectivity index (χ0) is 30.6. The van der Waals surface area contributed by atoms with Gasteiger partial charge in [-0.1, -0.05) is 103 Å². The topological polar surface area (TPSA) is 33.6 Å². The van der Waals surface area contributed by atoms with E-state index >= 15 is 0 Å². The summed E-state index contributed by atoms with van der Waals surface area (Å²) in [5.74, 6) is 0. The van der Waals surface area contributed by atoms with E-state index in [1.807, 2.05) is 12.1 Å². The van der Waals surface area contributed by atoms with Crippen LogP contribution in [0.4, 0.5) is 0 Å². The van der Waals surface area contributed by atoms with Crippen molar-refractivity contribution in [2.75, 3.05) is 0 Å². The Morgan fingerprint density at radius 2 is 0.935 bits per heavy atom. The molecule has 0 unspecified atom stereocenters. The molecule has 214 valence electrons. The largest absolute Gasteiger partial charge is 0.309 e. The summed E-state index contributed by atoms with van der Waals surface area (Å²) >= 11 is 0. The van der Waals surface area contributed by atoms with Gasteiger partial charge in [-0.05, 0) is 77.4 Å². The average molecular weight is 586 g/mol. The Hall–Kier alpha value is -6.37. The van der Waals surface area contributed by atoms with Crippen molar-refractivity contribution in [1.29, 1.82) is 5.26 Å². The first kappa shape index (κ1) is 26.1. The molecule has 3 heteroatoms. The summed E-state index contributed by atoms with van der Waals surface area (Å²) in [6.07, 6.45) is 0. The van der Waals surface area contributed by atoms with Crippen LogP contribution in [0.5, 0.6) is 0 Å². The zero-order valence-corrected chi connectivity index (χ0v) is 24.9. The third-order valence-electron chi connectivity index (χ3n) is 9.16. The number of nitrogens with zero attached hydrogens (tertiary/aromatic N) is 3. The summed E-state index contributed by atoms with van der Waals surface area (Å²) in [7, 11) is 0. The number of fused-ring (bicyclic) bond motifs is 6. The molecular weight excluding hydrogens is 558 g/mol. The molecule has 7 aromatic carbocycles. The van der Waals surface area contributed by atoms with Crippen molar-refractivity contribution >= 4 is 43.6 Å². The van der Waals surface area contributed by atoms with E-state index in [1.165, 1.54) is 32.6 Å². The maximum Gasteiger partial charge on any atom is 0.0991 e. The van der Waals surface area contributed by atoms with Crippen LogP contribution in [0.15, 0.2) is 164 Å². The predicted molar refractivity (Wildman–Crippen MR) is 191 cm³/mol. The highest BCUT2D eigenvalue weighted by molar-refractivity contribution is 6.12. The minimum atomic E-state index is 0.635. The number of para-hydroxylation sites is 4. The Morgan fingerprint density at radius 1 is 0.391 bits per heavy atom. The van der Waals surface area contributed by atoms with Crippen LogP contribution in [0.25, 0.3) is 77.2 Å². The lowest BCUT2D eigenvalue weighted by Gasteiger charge is -2.17. The van der Waals surface area contributed by atoms with Gasteiger partial charge in [0.25, 0.3) is 0 Å². The van der Waals surface area contributed by atoms with Crippen LogP contribution in [0.3, 0.4) is 0 Å². The van der Waals surface area contributed by atoms with Gasteiger partial charge in [-0.3, -0.25) is 0 Å². The fraction of sp³-hybridized carbons (Fsp3) is 0. The van der Waals surface area contributed by atoms with Crippen LogP contribution < -0.4 is 0 Å². The van der Waals surface area contributed by atoms with Crippen LogP contribution in [0.2, 0.25) is 0 Å². The molecule has 3 nitrogen and oxygen atoms in total. The van der Waals surface area contributed by atoms with Crippen molar-refractivity contribution in [1.82, 2.24) is 9.13 Å². The quantitative estimate of drug-likeness (QED) is 0.202. The lowest BCUT2D eigenvalue weighted by molar-refractivity contribution is 1.18. The smallest absolute Gasteiger partial charge is 0.0991 e. The highest BCUT2D eigenvalue weighted by Gasteiger charge is 2.19. The molecule has 0 spiro atoms. The van der Waals surface area contributed by atoms with Gasteiger partial charge in [0.1, 0.15) is 0 Å². The van der Waals surface area contributed by atoms with Crippen molar-refractivity contribution in [3.8, 4) is 39.7 Å². The molecule has 0 bridgehead atoms. The molecule has 0 fully saturated rings. The van der Waals surface area contributed by atoms with Crippen LogP contribution in [-0.4, -0.2) is 9.13 Å². The van der Waals surface area contributed by atoms with Gasteiger partial charge in [0.15, 0.2) is 0 Å². The fourth-order valence-electron chi connectivity index (χ4n) is 7.16. The second kappa shape index (κ2) is 10.4. The number of aromatic nitrogens is 2. The summed E-state index contributed by atoms with van der Waals surface area (Å²) in [6, 6.07) is 60.1. The minimum Gasteiger partial charge on any atom is -0.309 e. The number of hydrogen-bond donors (Lipinski definition) is 0. The van der Waals surface area contributed by atoms with E-state index in [0.29, 0.717) is 5.56 Å². The molecule has 46 heavy (non-hydrogen) atoms. The summed E-state index contributed by atoms with van der Waals surface area (Å²) < 4.78 is 4.69. The first-order valence-electron chi connectivity index (χ1n) is 15.5. The van der Waals surface area contributed by atoms with Crippen LogP contribution in [0.1, 0.15) is 5.56 Å². The predicted octanol–water partition coefficient (Wildman–Crippen LogP) is 11.1. The molecule has 0 amide bonds. The van der Waals surface area contributed by atoms with Crippen molar-refractivity contribution in [2.24, 2.45) is 0 Å². The van der Waals surface area contributed by atoms with Crippen molar-refractivity contribution in [3.05, 3.63) is 169 Å². The van der Waals surface area contributed by atoms with Crippen molar-refractivity contribution < 1.29 is 0 Å². The first-order chi connectivity index (χ1) is 22.8. The Balaban J connectivity index is 1.31. The monoisotopic (exact) mass is 585 g/mol. The molecule has 0 N–H and O–H groups in total. The third kappa shape index (κ3) is 3.91. The molecule has 0 aliphatic heterocycles. The maximum absolute atomic E-state index is 10.0. The summed E-state index contributed by atoms with van der Waals surface area (Å²) in [5, 5.41) is 14.9. The maximum atomic E-state index is 10.0. The fourth-order valence-corrected chi connectivity index (χ4v) is 7.16. The van der Waals surface area contributed by atoms with E-state index in [-0.39, 0.29) is 0 Å². The second-order valence-electron chi connectivity index (χ2n) is 11.7. The van der Waals surface area contributed by atoms with Gasteiger partial charge in [0.05, 0.1) is 39.4 Å². The van der Waals surface area contributed by atoms with Crippen LogP contribution in [-0.2, 0) is 0 Å². The molecule has 9 rings (SSSR count). The molecule has 0 saturated carbocycles. The first-order valence-corrected chi connectivity index (χ1v) is 15.5. The lowest BCUT2D eigenvalue weighted by Crippen LogP contribution is -1.99.